The molecule has 0 unspecified atom stereocenters. The van der Waals surface area contributed by atoms with Gasteiger partial charge in [-0.1, -0.05) is 36.4 Å². The summed E-state index contributed by atoms with van der Waals surface area (Å²) in [6.45, 7) is 4.11. The van der Waals surface area contributed by atoms with Crippen molar-refractivity contribution < 1.29 is 22.7 Å². The molecule has 0 fully saturated rings. The number of aryl methyl sites for hydroxylation is 2. The smallest absolute Gasteiger partial charge is 0.406 e. The zero-order valence-corrected chi connectivity index (χ0v) is 19.9. The van der Waals surface area contributed by atoms with Crippen molar-refractivity contribution in [3.05, 3.63) is 65.0 Å². The number of halogens is 3. The van der Waals surface area contributed by atoms with Gasteiger partial charge in [0.25, 0.3) is 0 Å². The maximum Gasteiger partial charge on any atom is 0.573 e. The molecule has 2 N–H and O–H groups in total. The first kappa shape index (κ1) is 24.5. The quantitative estimate of drug-likeness (QED) is 0.268. The van der Waals surface area contributed by atoms with Crippen molar-refractivity contribution in [1.29, 1.82) is 0 Å². The second kappa shape index (κ2) is 10.3. The highest BCUT2D eigenvalue weighted by Gasteiger charge is 2.30. The van der Waals surface area contributed by atoms with Crippen molar-refractivity contribution in [1.82, 2.24) is 9.97 Å². The van der Waals surface area contributed by atoms with E-state index in [0.29, 0.717) is 12.4 Å². The van der Waals surface area contributed by atoms with E-state index < -0.39 is 6.36 Å². The molecule has 0 aliphatic rings. The summed E-state index contributed by atoms with van der Waals surface area (Å²) in [5.74, 6) is 0.505. The summed E-state index contributed by atoms with van der Waals surface area (Å²) < 4.78 is 40.9. The molecule has 2 aromatic heterocycles. The van der Waals surface area contributed by atoms with Gasteiger partial charge >= 0.3 is 6.36 Å². The Labute approximate surface area is 204 Å². The molecule has 0 radical (unpaired) electrons. The number of anilines is 2. The average molecular weight is 501 g/mol. The van der Waals surface area contributed by atoms with E-state index in [2.05, 4.69) is 25.3 Å². The number of ether oxygens (including phenoxy) is 1. The fourth-order valence-electron chi connectivity index (χ4n) is 3.60. The number of nitrogens with one attached hydrogen (secondary N) is 2. The van der Waals surface area contributed by atoms with Gasteiger partial charge in [0.2, 0.25) is 11.9 Å². The minimum Gasteiger partial charge on any atom is -0.406 e. The molecule has 35 heavy (non-hydrogen) atoms. The molecule has 4 rings (SSSR count). The number of carbonyl (C=O) groups excluding carboxylic acids is 1. The van der Waals surface area contributed by atoms with Crippen LogP contribution in [-0.4, -0.2) is 28.8 Å². The molecule has 6 nitrogen and oxygen atoms in total. The van der Waals surface area contributed by atoms with E-state index in [9.17, 15) is 18.0 Å². The first-order valence-electron chi connectivity index (χ1n) is 10.9. The number of carbonyl (C=O) groups is 1. The Bertz CT molecular complexity index is 1320. The fraction of sp³-hybridized carbons (Fsp3) is 0.240. The Kier molecular flexibility index (Phi) is 7.20. The summed E-state index contributed by atoms with van der Waals surface area (Å²) in [4.78, 5) is 22.2. The van der Waals surface area contributed by atoms with Crippen LogP contribution in [0.15, 0.2) is 54.6 Å². The second-order valence-electron chi connectivity index (χ2n) is 7.95. The molecule has 0 saturated heterocycles. The summed E-state index contributed by atoms with van der Waals surface area (Å²) in [6, 6.07) is 15.8. The summed E-state index contributed by atoms with van der Waals surface area (Å²) in [6.07, 6.45) is -3.01. The van der Waals surface area contributed by atoms with Crippen LogP contribution in [0, 0.1) is 6.92 Å². The largest absolute Gasteiger partial charge is 0.573 e. The lowest BCUT2D eigenvalue weighted by Crippen LogP contribution is -2.16. The van der Waals surface area contributed by atoms with Crippen LogP contribution in [0.2, 0.25) is 0 Å². The van der Waals surface area contributed by atoms with Crippen LogP contribution in [0.5, 0.6) is 5.75 Å². The number of aromatic nitrogens is 2. The molecule has 2 heterocycles. The SMILES string of the molecule is CC(=O)Nc1nc(NCCCc2ccc(-c3ccc(OC(F)(F)F)cc3)cc2)c2cc(C)sc2n1. The minimum absolute atomic E-state index is 0.224. The van der Waals surface area contributed by atoms with Crippen molar-refractivity contribution in [3.63, 3.8) is 0 Å². The van der Waals surface area contributed by atoms with Crippen molar-refractivity contribution in [3.8, 4) is 16.9 Å². The number of benzene rings is 2. The van der Waals surface area contributed by atoms with E-state index in [-0.39, 0.29) is 17.6 Å². The average Bonchev–Trinajstić information content (AvgIpc) is 3.16. The van der Waals surface area contributed by atoms with Crippen molar-refractivity contribution >= 4 is 39.2 Å². The van der Waals surface area contributed by atoms with Crippen LogP contribution in [0.1, 0.15) is 23.8 Å². The van der Waals surface area contributed by atoms with Gasteiger partial charge in [0.05, 0.1) is 5.39 Å². The minimum atomic E-state index is -4.70. The lowest BCUT2D eigenvalue weighted by molar-refractivity contribution is -0.274. The summed E-state index contributed by atoms with van der Waals surface area (Å²) >= 11 is 1.55. The van der Waals surface area contributed by atoms with Gasteiger partial charge in [-0.05, 0) is 54.7 Å². The number of hydrogen-bond donors (Lipinski definition) is 2. The molecule has 2 aromatic carbocycles. The van der Waals surface area contributed by atoms with E-state index in [1.54, 1.807) is 23.5 Å². The van der Waals surface area contributed by atoms with Gasteiger partial charge in [0.15, 0.2) is 0 Å². The zero-order chi connectivity index (χ0) is 25.0. The van der Waals surface area contributed by atoms with E-state index in [0.717, 1.165) is 44.6 Å². The third kappa shape index (κ3) is 6.69. The number of alkyl halides is 3. The monoisotopic (exact) mass is 500 g/mol. The molecular formula is C25H23F3N4O2S. The Morgan fingerprint density at radius 3 is 2.31 bits per heavy atom. The van der Waals surface area contributed by atoms with E-state index >= 15 is 0 Å². The Morgan fingerprint density at radius 1 is 1.03 bits per heavy atom. The topological polar surface area (TPSA) is 76.1 Å². The molecule has 0 saturated carbocycles. The van der Waals surface area contributed by atoms with Gasteiger partial charge in [-0.2, -0.15) is 4.98 Å². The second-order valence-corrected chi connectivity index (χ2v) is 9.19. The summed E-state index contributed by atoms with van der Waals surface area (Å²) in [5, 5.41) is 6.93. The van der Waals surface area contributed by atoms with Gasteiger partial charge in [0, 0.05) is 18.3 Å². The lowest BCUT2D eigenvalue weighted by Gasteiger charge is -2.10. The normalized spacial score (nSPS) is 11.5. The Balaban J connectivity index is 1.34. The van der Waals surface area contributed by atoms with Gasteiger partial charge in [-0.15, -0.1) is 24.5 Å². The van der Waals surface area contributed by atoms with Crippen LogP contribution < -0.4 is 15.4 Å². The van der Waals surface area contributed by atoms with Crippen LogP contribution in [0.4, 0.5) is 24.9 Å². The number of amides is 1. The third-order valence-electron chi connectivity index (χ3n) is 5.11. The van der Waals surface area contributed by atoms with Crippen LogP contribution in [0.3, 0.4) is 0 Å². The molecule has 0 aliphatic carbocycles. The van der Waals surface area contributed by atoms with E-state index in [1.165, 1.54) is 19.1 Å². The molecule has 0 atom stereocenters. The van der Waals surface area contributed by atoms with E-state index in [1.807, 2.05) is 37.3 Å². The van der Waals surface area contributed by atoms with Crippen molar-refractivity contribution in [2.45, 2.75) is 33.1 Å². The number of thiophene rings is 1. The number of rotatable bonds is 8. The number of hydrogen-bond acceptors (Lipinski definition) is 6. The van der Waals surface area contributed by atoms with Gasteiger partial charge in [-0.25, -0.2) is 4.98 Å². The predicted molar refractivity (Wildman–Crippen MR) is 132 cm³/mol. The zero-order valence-electron chi connectivity index (χ0n) is 19.1. The molecule has 0 spiro atoms. The van der Waals surface area contributed by atoms with Crippen LogP contribution >= 0.6 is 11.3 Å². The first-order valence-corrected chi connectivity index (χ1v) is 11.7. The Morgan fingerprint density at radius 2 is 1.69 bits per heavy atom. The Hall–Kier alpha value is -3.66. The van der Waals surface area contributed by atoms with Crippen LogP contribution in [-0.2, 0) is 11.2 Å². The maximum absolute atomic E-state index is 12.3. The lowest BCUT2D eigenvalue weighted by atomic mass is 10.0. The highest BCUT2D eigenvalue weighted by atomic mass is 32.1. The van der Waals surface area contributed by atoms with Crippen molar-refractivity contribution in [2.24, 2.45) is 0 Å². The standard InChI is InChI=1S/C25H23F3N4O2S/c1-15-14-21-22(31-24(30-16(2)33)32-23(21)35-15)29-13-3-4-17-5-7-18(8-6-17)19-9-11-20(12-10-19)34-25(26,27)28/h5-12,14H,3-4,13H2,1-2H3,(H2,29,30,31,32,33). The molecule has 1 amide bonds. The molecule has 0 aliphatic heterocycles. The molecule has 4 aromatic rings. The van der Waals surface area contributed by atoms with Gasteiger partial charge < -0.3 is 10.1 Å². The summed E-state index contributed by atoms with van der Waals surface area (Å²) in [7, 11) is 0. The molecular weight excluding hydrogens is 477 g/mol. The fourth-order valence-corrected chi connectivity index (χ4v) is 4.48. The third-order valence-corrected chi connectivity index (χ3v) is 6.06. The highest BCUT2D eigenvalue weighted by molar-refractivity contribution is 7.18. The molecule has 182 valence electrons. The molecule has 10 heteroatoms. The number of fused-ring (bicyclic) bond motifs is 1. The van der Waals surface area contributed by atoms with E-state index in [4.69, 9.17) is 0 Å². The van der Waals surface area contributed by atoms with Crippen LogP contribution in [0.25, 0.3) is 21.3 Å². The molecule has 0 bridgehead atoms. The van der Waals surface area contributed by atoms with Gasteiger partial charge in [-0.3, -0.25) is 10.1 Å². The first-order chi connectivity index (χ1) is 16.7. The predicted octanol–water partition coefficient (Wildman–Crippen LogP) is 6.57. The van der Waals surface area contributed by atoms with Crippen molar-refractivity contribution in [2.75, 3.05) is 17.2 Å². The maximum atomic E-state index is 12.3. The van der Waals surface area contributed by atoms with Gasteiger partial charge in [0.1, 0.15) is 16.4 Å². The summed E-state index contributed by atoms with van der Waals surface area (Å²) in [5.41, 5.74) is 2.86. The highest BCUT2D eigenvalue weighted by Crippen LogP contribution is 2.30. The number of nitrogens with zero attached hydrogens (tertiary/aromatic N) is 2.